The van der Waals surface area contributed by atoms with E-state index >= 15 is 0 Å². The van der Waals surface area contributed by atoms with Gasteiger partial charge in [-0.25, -0.2) is 0 Å². The van der Waals surface area contributed by atoms with Gasteiger partial charge in [0.1, 0.15) is 0 Å². The standard InChI is InChI=1S/C22H36N2O3/c1-5-26-19-11-6-7-12-20(19)27-15-9-13-21(25)23-17-22(3,4)24-14-8-10-18(2)16-24/h6-7,11-12,18H,5,8-10,13-17H2,1-4H3,(H,23,25). The van der Waals surface area contributed by atoms with E-state index in [1.807, 2.05) is 31.2 Å². The first kappa shape index (κ1) is 21.5. The van der Waals surface area contributed by atoms with Gasteiger partial charge in [-0.15, -0.1) is 0 Å². The minimum Gasteiger partial charge on any atom is -0.490 e. The molecule has 0 aromatic heterocycles. The monoisotopic (exact) mass is 376 g/mol. The summed E-state index contributed by atoms with van der Waals surface area (Å²) in [6.07, 6.45) is 3.72. The normalized spacial score (nSPS) is 18.1. The van der Waals surface area contributed by atoms with Gasteiger partial charge in [0.15, 0.2) is 11.5 Å². The Morgan fingerprint density at radius 2 is 1.96 bits per heavy atom. The number of carbonyl (C=O) groups excluding carboxylic acids is 1. The number of hydrogen-bond donors (Lipinski definition) is 1. The zero-order chi connectivity index (χ0) is 19.7. The first-order valence-corrected chi connectivity index (χ1v) is 10.3. The molecule has 1 fully saturated rings. The molecular weight excluding hydrogens is 340 g/mol. The highest BCUT2D eigenvalue weighted by Gasteiger charge is 2.30. The van der Waals surface area contributed by atoms with Crippen LogP contribution >= 0.6 is 0 Å². The van der Waals surface area contributed by atoms with E-state index in [2.05, 4.69) is 31.0 Å². The zero-order valence-corrected chi connectivity index (χ0v) is 17.4. The lowest BCUT2D eigenvalue weighted by Crippen LogP contribution is -2.54. The van der Waals surface area contributed by atoms with Gasteiger partial charge in [-0.1, -0.05) is 19.1 Å². The van der Waals surface area contributed by atoms with Crippen molar-refractivity contribution in [1.29, 1.82) is 0 Å². The fraction of sp³-hybridized carbons (Fsp3) is 0.682. The van der Waals surface area contributed by atoms with Crippen LogP contribution in [0.3, 0.4) is 0 Å². The van der Waals surface area contributed by atoms with E-state index in [-0.39, 0.29) is 11.4 Å². The average Bonchev–Trinajstić information content (AvgIpc) is 2.65. The molecule has 0 spiro atoms. The average molecular weight is 377 g/mol. The van der Waals surface area contributed by atoms with Crippen LogP contribution in [0, 0.1) is 5.92 Å². The Kier molecular flexibility index (Phi) is 8.42. The Balaban J connectivity index is 1.67. The van der Waals surface area contributed by atoms with Crippen molar-refractivity contribution in [2.45, 2.75) is 58.9 Å². The number of para-hydroxylation sites is 2. The summed E-state index contributed by atoms with van der Waals surface area (Å²) in [5.74, 6) is 2.32. The van der Waals surface area contributed by atoms with Crippen molar-refractivity contribution in [2.24, 2.45) is 5.92 Å². The van der Waals surface area contributed by atoms with E-state index < -0.39 is 0 Å². The lowest BCUT2D eigenvalue weighted by molar-refractivity contribution is -0.122. The number of nitrogens with zero attached hydrogens (tertiary/aromatic N) is 1. The number of piperidine rings is 1. The molecule has 1 saturated heterocycles. The van der Waals surface area contributed by atoms with Crippen LogP contribution in [0.4, 0.5) is 0 Å². The second kappa shape index (κ2) is 10.5. The number of amides is 1. The highest BCUT2D eigenvalue weighted by molar-refractivity contribution is 5.75. The summed E-state index contributed by atoms with van der Waals surface area (Å²) in [7, 11) is 0. The Bertz CT molecular complexity index is 589. The maximum Gasteiger partial charge on any atom is 0.220 e. The maximum atomic E-state index is 12.2. The van der Waals surface area contributed by atoms with Crippen molar-refractivity contribution in [3.05, 3.63) is 24.3 Å². The second-order valence-electron chi connectivity index (χ2n) is 8.11. The van der Waals surface area contributed by atoms with Crippen molar-refractivity contribution in [3.8, 4) is 11.5 Å². The quantitative estimate of drug-likeness (QED) is 0.630. The summed E-state index contributed by atoms with van der Waals surface area (Å²) >= 11 is 0. The summed E-state index contributed by atoms with van der Waals surface area (Å²) < 4.78 is 11.3. The molecule has 1 aromatic carbocycles. The molecule has 27 heavy (non-hydrogen) atoms. The van der Waals surface area contributed by atoms with Crippen LogP contribution in [0.2, 0.25) is 0 Å². The molecule has 5 heteroatoms. The van der Waals surface area contributed by atoms with Crippen LogP contribution in [-0.2, 0) is 4.79 Å². The molecule has 1 heterocycles. The van der Waals surface area contributed by atoms with E-state index in [1.165, 1.54) is 12.8 Å². The molecule has 1 aromatic rings. The Hall–Kier alpha value is -1.75. The van der Waals surface area contributed by atoms with E-state index in [9.17, 15) is 4.79 Å². The third kappa shape index (κ3) is 7.06. The van der Waals surface area contributed by atoms with Crippen molar-refractivity contribution in [2.75, 3.05) is 32.8 Å². The molecule has 0 bridgehead atoms. The van der Waals surface area contributed by atoms with Crippen molar-refractivity contribution in [3.63, 3.8) is 0 Å². The van der Waals surface area contributed by atoms with Crippen LogP contribution in [0.1, 0.15) is 53.4 Å². The van der Waals surface area contributed by atoms with Gasteiger partial charge >= 0.3 is 0 Å². The summed E-state index contributed by atoms with van der Waals surface area (Å²) in [5, 5.41) is 3.10. The molecular formula is C22H36N2O3. The summed E-state index contributed by atoms with van der Waals surface area (Å²) in [4.78, 5) is 14.7. The Labute approximate surface area is 164 Å². The SMILES string of the molecule is CCOc1ccccc1OCCCC(=O)NCC(C)(C)N1CCCC(C)C1. The molecule has 1 unspecified atom stereocenters. The highest BCUT2D eigenvalue weighted by atomic mass is 16.5. The Morgan fingerprint density at radius 3 is 2.63 bits per heavy atom. The molecule has 2 rings (SSSR count). The summed E-state index contributed by atoms with van der Waals surface area (Å²) in [5.41, 5.74) is -0.00271. The smallest absolute Gasteiger partial charge is 0.220 e. The van der Waals surface area contributed by atoms with E-state index in [4.69, 9.17) is 9.47 Å². The summed E-state index contributed by atoms with van der Waals surface area (Å²) in [6.45, 7) is 12.7. The third-order valence-electron chi connectivity index (χ3n) is 5.19. The third-order valence-corrected chi connectivity index (χ3v) is 5.19. The zero-order valence-electron chi connectivity index (χ0n) is 17.4. The van der Waals surface area contributed by atoms with Gasteiger partial charge in [0.2, 0.25) is 5.91 Å². The summed E-state index contributed by atoms with van der Waals surface area (Å²) in [6, 6.07) is 7.65. The number of likely N-dealkylation sites (tertiary alicyclic amines) is 1. The molecule has 0 aliphatic carbocycles. The largest absolute Gasteiger partial charge is 0.490 e. The van der Waals surface area contributed by atoms with Gasteiger partial charge in [0, 0.05) is 25.0 Å². The molecule has 1 aliphatic heterocycles. The number of ether oxygens (including phenoxy) is 2. The van der Waals surface area contributed by atoms with Gasteiger partial charge in [-0.05, 0) is 64.6 Å². The fourth-order valence-corrected chi connectivity index (χ4v) is 3.51. The lowest BCUT2D eigenvalue weighted by Gasteiger charge is -2.43. The van der Waals surface area contributed by atoms with Crippen LogP contribution < -0.4 is 14.8 Å². The molecule has 1 N–H and O–H groups in total. The minimum atomic E-state index is -0.00271. The fourth-order valence-electron chi connectivity index (χ4n) is 3.51. The van der Waals surface area contributed by atoms with Gasteiger partial charge < -0.3 is 14.8 Å². The van der Waals surface area contributed by atoms with E-state index in [0.29, 0.717) is 32.6 Å². The van der Waals surface area contributed by atoms with Gasteiger partial charge in [-0.3, -0.25) is 9.69 Å². The Morgan fingerprint density at radius 1 is 1.26 bits per heavy atom. The van der Waals surface area contributed by atoms with Gasteiger partial charge in [0.25, 0.3) is 0 Å². The molecule has 1 aliphatic rings. The molecule has 5 nitrogen and oxygen atoms in total. The molecule has 0 radical (unpaired) electrons. The lowest BCUT2D eigenvalue weighted by atomic mass is 9.93. The van der Waals surface area contributed by atoms with Crippen LogP contribution in [0.25, 0.3) is 0 Å². The molecule has 1 atom stereocenters. The van der Waals surface area contributed by atoms with Crippen molar-refractivity contribution < 1.29 is 14.3 Å². The van der Waals surface area contributed by atoms with Crippen LogP contribution in [0.15, 0.2) is 24.3 Å². The maximum absolute atomic E-state index is 12.2. The van der Waals surface area contributed by atoms with Crippen LogP contribution in [-0.4, -0.2) is 49.2 Å². The number of carbonyl (C=O) groups is 1. The predicted molar refractivity (Wildman–Crippen MR) is 109 cm³/mol. The first-order valence-electron chi connectivity index (χ1n) is 10.3. The van der Waals surface area contributed by atoms with Crippen molar-refractivity contribution in [1.82, 2.24) is 10.2 Å². The predicted octanol–water partition coefficient (Wildman–Crippen LogP) is 3.87. The number of hydrogen-bond acceptors (Lipinski definition) is 4. The second-order valence-corrected chi connectivity index (χ2v) is 8.11. The topological polar surface area (TPSA) is 50.8 Å². The van der Waals surface area contributed by atoms with E-state index in [0.717, 1.165) is 30.5 Å². The van der Waals surface area contributed by atoms with Crippen LogP contribution in [0.5, 0.6) is 11.5 Å². The van der Waals surface area contributed by atoms with Gasteiger partial charge in [0.05, 0.1) is 13.2 Å². The van der Waals surface area contributed by atoms with Crippen molar-refractivity contribution >= 4 is 5.91 Å². The number of rotatable bonds is 10. The highest BCUT2D eigenvalue weighted by Crippen LogP contribution is 2.26. The minimum absolute atomic E-state index is 0.00271. The molecule has 152 valence electrons. The number of benzene rings is 1. The molecule has 1 amide bonds. The first-order chi connectivity index (χ1) is 12.9. The number of nitrogens with one attached hydrogen (secondary N) is 1. The molecule has 0 saturated carbocycles. The van der Waals surface area contributed by atoms with Gasteiger partial charge in [-0.2, -0.15) is 0 Å². The van der Waals surface area contributed by atoms with E-state index in [1.54, 1.807) is 0 Å².